The van der Waals surface area contributed by atoms with Crippen LogP contribution in [0.15, 0.2) is 54.6 Å². The number of para-hydroxylation sites is 1. The van der Waals surface area contributed by atoms with E-state index in [1.165, 1.54) is 6.07 Å². The molecule has 3 aromatic rings. The maximum Gasteiger partial charge on any atom is 0.225 e. The average Bonchev–Trinajstić information content (AvgIpc) is 3.04. The van der Waals surface area contributed by atoms with E-state index in [9.17, 15) is 9.18 Å². The highest BCUT2D eigenvalue weighted by molar-refractivity contribution is 5.80. The van der Waals surface area contributed by atoms with Crippen LogP contribution < -0.4 is 4.74 Å². The van der Waals surface area contributed by atoms with Crippen LogP contribution in [0.25, 0.3) is 11.3 Å². The number of hydrogen-bond donors (Lipinski definition) is 0. The molecule has 1 amide bonds. The van der Waals surface area contributed by atoms with Crippen LogP contribution >= 0.6 is 0 Å². The van der Waals surface area contributed by atoms with Gasteiger partial charge in [-0.3, -0.25) is 4.79 Å². The molecule has 0 saturated heterocycles. The molecule has 0 aliphatic heterocycles. The molecule has 6 heteroatoms. The number of amides is 1. The second-order valence-electron chi connectivity index (χ2n) is 8.04. The lowest BCUT2D eigenvalue weighted by Crippen LogP contribution is -2.39. The summed E-state index contributed by atoms with van der Waals surface area (Å²) in [6.07, 6.45) is 3.88. The van der Waals surface area contributed by atoms with Crippen molar-refractivity contribution in [3.63, 3.8) is 0 Å². The second-order valence-corrected chi connectivity index (χ2v) is 8.04. The molecule has 0 N–H and O–H groups in total. The van der Waals surface area contributed by atoms with E-state index >= 15 is 0 Å². The molecule has 0 bridgehead atoms. The van der Waals surface area contributed by atoms with E-state index in [2.05, 4.69) is 12.0 Å². The fourth-order valence-corrected chi connectivity index (χ4v) is 3.92. The maximum absolute atomic E-state index is 14.3. The zero-order chi connectivity index (χ0) is 21.8. The number of aryl methyl sites for hydroxylation is 1. The normalized spacial score (nSPS) is 13.6. The van der Waals surface area contributed by atoms with Crippen LogP contribution in [0.2, 0.25) is 0 Å². The number of nitrogens with zero attached hydrogens (tertiary/aromatic N) is 3. The van der Waals surface area contributed by atoms with Crippen LogP contribution in [-0.2, 0) is 18.4 Å². The minimum absolute atomic E-state index is 0.110. The van der Waals surface area contributed by atoms with Crippen molar-refractivity contribution in [3.05, 3.63) is 66.0 Å². The molecule has 1 aromatic heterocycles. The molecule has 4 rings (SSSR count). The highest BCUT2D eigenvalue weighted by Gasteiger charge is 2.31. The first-order valence-corrected chi connectivity index (χ1v) is 10.9. The third-order valence-corrected chi connectivity index (χ3v) is 5.79. The number of halogens is 1. The molecule has 0 radical (unpaired) electrons. The highest BCUT2D eigenvalue weighted by atomic mass is 19.1. The minimum atomic E-state index is -0.438. The standard InChI is InChI=1S/C25H28FN3O2/c1-3-16-29(24(30)19-12-9-13-19)17-20-23(18-10-5-4-6-11-18)27-28(2)25(20)31-22-15-8-7-14-21(22)26/h4-8,10-11,14-15,19H,3,9,12-13,16-17H2,1-2H3. The molecule has 1 aliphatic rings. The average molecular weight is 422 g/mol. The molecule has 31 heavy (non-hydrogen) atoms. The minimum Gasteiger partial charge on any atom is -0.436 e. The van der Waals surface area contributed by atoms with Gasteiger partial charge in [0.15, 0.2) is 11.6 Å². The van der Waals surface area contributed by atoms with Crippen molar-refractivity contribution in [1.29, 1.82) is 0 Å². The van der Waals surface area contributed by atoms with E-state index in [0.717, 1.165) is 42.5 Å². The molecule has 1 aliphatic carbocycles. The molecule has 162 valence electrons. The largest absolute Gasteiger partial charge is 0.436 e. The predicted molar refractivity (Wildman–Crippen MR) is 118 cm³/mol. The van der Waals surface area contributed by atoms with Crippen molar-refractivity contribution in [3.8, 4) is 22.9 Å². The number of carbonyl (C=O) groups is 1. The number of carbonyl (C=O) groups excluding carboxylic acids is 1. The summed E-state index contributed by atoms with van der Waals surface area (Å²) in [5.41, 5.74) is 2.47. The van der Waals surface area contributed by atoms with E-state index < -0.39 is 5.82 Å². The Morgan fingerprint density at radius 1 is 1.16 bits per heavy atom. The van der Waals surface area contributed by atoms with Gasteiger partial charge in [-0.15, -0.1) is 0 Å². The molecule has 1 fully saturated rings. The van der Waals surface area contributed by atoms with Crippen molar-refractivity contribution >= 4 is 5.91 Å². The quantitative estimate of drug-likeness (QED) is 0.479. The van der Waals surface area contributed by atoms with E-state index in [4.69, 9.17) is 4.74 Å². The predicted octanol–water partition coefficient (Wildman–Crippen LogP) is 5.56. The Balaban J connectivity index is 1.75. The van der Waals surface area contributed by atoms with Gasteiger partial charge in [-0.05, 0) is 31.4 Å². The monoisotopic (exact) mass is 421 g/mol. The summed E-state index contributed by atoms with van der Waals surface area (Å²) < 4.78 is 22.0. The number of aromatic nitrogens is 2. The van der Waals surface area contributed by atoms with Gasteiger partial charge >= 0.3 is 0 Å². The summed E-state index contributed by atoms with van der Waals surface area (Å²) in [6.45, 7) is 3.11. The molecule has 0 spiro atoms. The summed E-state index contributed by atoms with van der Waals surface area (Å²) in [6, 6.07) is 16.1. The van der Waals surface area contributed by atoms with E-state index in [1.807, 2.05) is 35.2 Å². The third kappa shape index (κ3) is 4.48. The van der Waals surface area contributed by atoms with Crippen LogP contribution in [0.3, 0.4) is 0 Å². The van der Waals surface area contributed by atoms with Crippen molar-refractivity contribution < 1.29 is 13.9 Å². The van der Waals surface area contributed by atoms with Crippen LogP contribution in [0, 0.1) is 11.7 Å². The van der Waals surface area contributed by atoms with Gasteiger partial charge in [0.05, 0.1) is 12.1 Å². The lowest BCUT2D eigenvalue weighted by atomic mass is 9.84. The Bertz CT molecular complexity index is 1040. The fourth-order valence-electron chi connectivity index (χ4n) is 3.92. The van der Waals surface area contributed by atoms with Crippen LogP contribution in [0.1, 0.15) is 38.2 Å². The van der Waals surface area contributed by atoms with Crippen LogP contribution in [0.5, 0.6) is 11.6 Å². The van der Waals surface area contributed by atoms with Gasteiger partial charge in [0.2, 0.25) is 11.8 Å². The number of rotatable bonds is 8. The Morgan fingerprint density at radius 3 is 2.52 bits per heavy atom. The Labute approximate surface area is 182 Å². The first-order chi connectivity index (χ1) is 15.1. The summed E-state index contributed by atoms with van der Waals surface area (Å²) in [5.74, 6) is 0.448. The zero-order valence-electron chi connectivity index (χ0n) is 18.1. The van der Waals surface area contributed by atoms with Gasteiger partial charge in [-0.25, -0.2) is 9.07 Å². The summed E-state index contributed by atoms with van der Waals surface area (Å²) in [4.78, 5) is 15.0. The van der Waals surface area contributed by atoms with Crippen molar-refractivity contribution in [2.45, 2.75) is 39.2 Å². The van der Waals surface area contributed by atoms with Crippen molar-refractivity contribution in [1.82, 2.24) is 14.7 Å². The Kier molecular flexibility index (Phi) is 6.35. The summed E-state index contributed by atoms with van der Waals surface area (Å²) >= 11 is 0. The molecule has 2 aromatic carbocycles. The van der Waals surface area contributed by atoms with Gasteiger partial charge in [0.25, 0.3) is 0 Å². The molecule has 1 saturated carbocycles. The lowest BCUT2D eigenvalue weighted by Gasteiger charge is -2.31. The van der Waals surface area contributed by atoms with Gasteiger partial charge in [-0.2, -0.15) is 5.10 Å². The molecule has 0 unspecified atom stereocenters. The molecule has 0 atom stereocenters. The first-order valence-electron chi connectivity index (χ1n) is 10.9. The molecular weight excluding hydrogens is 393 g/mol. The van der Waals surface area contributed by atoms with Gasteiger partial charge < -0.3 is 9.64 Å². The number of hydrogen-bond acceptors (Lipinski definition) is 3. The summed E-state index contributed by atoms with van der Waals surface area (Å²) in [5, 5.41) is 4.69. The molecular formula is C25H28FN3O2. The van der Waals surface area contributed by atoms with Crippen molar-refractivity contribution in [2.75, 3.05) is 6.54 Å². The van der Waals surface area contributed by atoms with E-state index in [-0.39, 0.29) is 17.6 Å². The molecule has 5 nitrogen and oxygen atoms in total. The Hall–Kier alpha value is -3.15. The van der Waals surface area contributed by atoms with Gasteiger partial charge in [0, 0.05) is 25.1 Å². The van der Waals surface area contributed by atoms with Gasteiger partial charge in [-0.1, -0.05) is 55.8 Å². The zero-order valence-corrected chi connectivity index (χ0v) is 18.1. The maximum atomic E-state index is 14.3. The fraction of sp³-hybridized carbons (Fsp3) is 0.360. The van der Waals surface area contributed by atoms with Crippen LogP contribution in [-0.4, -0.2) is 27.1 Å². The first kappa shape index (κ1) is 21.1. The second kappa shape index (κ2) is 9.33. The van der Waals surface area contributed by atoms with Crippen molar-refractivity contribution in [2.24, 2.45) is 13.0 Å². The number of ether oxygens (including phenoxy) is 1. The molecule has 1 heterocycles. The summed E-state index contributed by atoms with van der Waals surface area (Å²) in [7, 11) is 1.78. The highest BCUT2D eigenvalue weighted by Crippen LogP contribution is 2.36. The number of benzene rings is 2. The lowest BCUT2D eigenvalue weighted by molar-refractivity contribution is -0.138. The van der Waals surface area contributed by atoms with Crippen LogP contribution in [0.4, 0.5) is 4.39 Å². The van der Waals surface area contributed by atoms with Gasteiger partial charge in [0.1, 0.15) is 5.69 Å². The van der Waals surface area contributed by atoms with E-state index in [0.29, 0.717) is 19.0 Å². The smallest absolute Gasteiger partial charge is 0.225 e. The SMILES string of the molecule is CCCN(Cc1c(-c2ccccc2)nn(C)c1Oc1ccccc1F)C(=O)C1CCC1. The topological polar surface area (TPSA) is 47.4 Å². The Morgan fingerprint density at radius 2 is 1.87 bits per heavy atom. The van der Waals surface area contributed by atoms with E-state index in [1.54, 1.807) is 29.9 Å². The third-order valence-electron chi connectivity index (χ3n) is 5.79.